The van der Waals surface area contributed by atoms with Crippen LogP contribution in [0.1, 0.15) is 12.8 Å². The van der Waals surface area contributed by atoms with Crippen molar-refractivity contribution < 1.29 is 24.2 Å². The number of carboxylic acids is 1. The minimum absolute atomic E-state index is 0.0565. The van der Waals surface area contributed by atoms with E-state index in [0.29, 0.717) is 13.1 Å². The largest absolute Gasteiger partial charge is 0.497 e. The van der Waals surface area contributed by atoms with Gasteiger partial charge in [-0.25, -0.2) is 0 Å². The minimum Gasteiger partial charge on any atom is -0.497 e. The molecule has 4 rings (SSSR count). The molecule has 1 aromatic rings. The molecule has 0 aromatic heterocycles. The van der Waals surface area contributed by atoms with Gasteiger partial charge in [-0.15, -0.1) is 0 Å². The van der Waals surface area contributed by atoms with Gasteiger partial charge in [-0.1, -0.05) is 0 Å². The smallest absolute Gasteiger partial charge is 0.310 e. The summed E-state index contributed by atoms with van der Waals surface area (Å²) in [5.41, 5.74) is 1.10. The number of hydrogen-bond acceptors (Lipinski definition) is 5. The van der Waals surface area contributed by atoms with Crippen LogP contribution in [-0.4, -0.2) is 67.4 Å². The molecule has 0 aliphatic carbocycles. The fraction of sp³-hybridized carbons (Fsp3) is 0.579. The highest BCUT2D eigenvalue weighted by atomic mass is 16.5. The van der Waals surface area contributed by atoms with Gasteiger partial charge in [0.2, 0.25) is 5.91 Å². The number of carbonyl (C=O) groups excluding carboxylic acids is 1. The van der Waals surface area contributed by atoms with Crippen molar-refractivity contribution in [3.63, 3.8) is 0 Å². The molecule has 0 saturated carbocycles. The van der Waals surface area contributed by atoms with Crippen LogP contribution in [0.4, 0.5) is 5.69 Å². The summed E-state index contributed by atoms with van der Waals surface area (Å²) in [4.78, 5) is 28.6. The molecule has 3 heterocycles. The number of carbonyl (C=O) groups is 2. The molecule has 0 radical (unpaired) electrons. The van der Waals surface area contributed by atoms with E-state index in [-0.39, 0.29) is 18.1 Å². The molecule has 140 valence electrons. The van der Waals surface area contributed by atoms with Crippen molar-refractivity contribution in [2.75, 3.05) is 38.2 Å². The summed E-state index contributed by atoms with van der Waals surface area (Å²) in [7, 11) is 1.64. The lowest BCUT2D eigenvalue weighted by molar-refractivity contribution is -0.151. The lowest BCUT2D eigenvalue weighted by Crippen LogP contribution is -2.53. The lowest BCUT2D eigenvalue weighted by atomic mass is 9.78. The number of nitrogens with zero attached hydrogens (tertiary/aromatic N) is 2. The molecule has 3 saturated heterocycles. The Morgan fingerprint density at radius 2 is 1.65 bits per heavy atom. The Bertz CT molecular complexity index is 684. The summed E-state index contributed by atoms with van der Waals surface area (Å²) in [6.07, 6.45) is 1.01. The van der Waals surface area contributed by atoms with E-state index in [9.17, 15) is 14.7 Å². The topological polar surface area (TPSA) is 79.3 Å². The molecule has 0 unspecified atom stereocenters. The van der Waals surface area contributed by atoms with Gasteiger partial charge in [0, 0.05) is 31.9 Å². The summed E-state index contributed by atoms with van der Waals surface area (Å²) in [5.74, 6) is -1.37. The van der Waals surface area contributed by atoms with Crippen molar-refractivity contribution in [1.82, 2.24) is 4.90 Å². The second kappa shape index (κ2) is 6.79. The average molecular weight is 360 g/mol. The highest BCUT2D eigenvalue weighted by molar-refractivity contribution is 5.86. The first-order valence-corrected chi connectivity index (χ1v) is 9.14. The molecule has 1 aromatic carbocycles. The van der Waals surface area contributed by atoms with Crippen molar-refractivity contribution in [2.45, 2.75) is 25.0 Å². The van der Waals surface area contributed by atoms with Crippen LogP contribution >= 0.6 is 0 Å². The Balaban J connectivity index is 1.39. The van der Waals surface area contributed by atoms with E-state index in [1.54, 1.807) is 7.11 Å². The highest BCUT2D eigenvalue weighted by Gasteiger charge is 2.56. The SMILES string of the molecule is COc1ccc(N2CCN(C(=O)[C@@H]3[C@@H](C(=O)O)[C@H]4CC[C@H]3O4)CC2)cc1. The Labute approximate surface area is 152 Å². The zero-order chi connectivity index (χ0) is 18.3. The fourth-order valence-corrected chi connectivity index (χ4v) is 4.49. The van der Waals surface area contributed by atoms with Crippen LogP contribution in [0.15, 0.2) is 24.3 Å². The van der Waals surface area contributed by atoms with Crippen molar-refractivity contribution >= 4 is 17.6 Å². The van der Waals surface area contributed by atoms with Crippen LogP contribution in [0.25, 0.3) is 0 Å². The van der Waals surface area contributed by atoms with Gasteiger partial charge in [-0.3, -0.25) is 9.59 Å². The van der Waals surface area contributed by atoms with Gasteiger partial charge in [0.1, 0.15) is 5.75 Å². The van der Waals surface area contributed by atoms with Crippen LogP contribution in [0, 0.1) is 11.8 Å². The minimum atomic E-state index is -0.910. The number of fused-ring (bicyclic) bond motifs is 2. The van der Waals surface area contributed by atoms with Gasteiger partial charge in [-0.05, 0) is 37.1 Å². The third kappa shape index (κ3) is 2.90. The lowest BCUT2D eigenvalue weighted by Gasteiger charge is -2.38. The maximum Gasteiger partial charge on any atom is 0.310 e. The Kier molecular flexibility index (Phi) is 4.48. The maximum atomic E-state index is 13.0. The van der Waals surface area contributed by atoms with E-state index in [4.69, 9.17) is 9.47 Å². The first-order chi connectivity index (χ1) is 12.6. The number of piperazine rings is 1. The maximum absolute atomic E-state index is 13.0. The van der Waals surface area contributed by atoms with Gasteiger partial charge in [0.05, 0.1) is 31.2 Å². The summed E-state index contributed by atoms with van der Waals surface area (Å²) in [6.45, 7) is 2.67. The third-order valence-electron chi connectivity index (χ3n) is 5.87. The van der Waals surface area contributed by atoms with E-state index in [0.717, 1.165) is 37.4 Å². The molecule has 1 amide bonds. The number of methoxy groups -OCH3 is 1. The van der Waals surface area contributed by atoms with Crippen LogP contribution in [-0.2, 0) is 14.3 Å². The molecular formula is C19H24N2O5. The Morgan fingerprint density at radius 3 is 2.23 bits per heavy atom. The van der Waals surface area contributed by atoms with Crippen molar-refractivity contribution in [3.8, 4) is 5.75 Å². The van der Waals surface area contributed by atoms with Crippen molar-refractivity contribution in [3.05, 3.63) is 24.3 Å². The van der Waals surface area contributed by atoms with E-state index in [1.165, 1.54) is 0 Å². The molecule has 3 fully saturated rings. The predicted octanol–water partition coefficient (Wildman–Crippen LogP) is 1.22. The van der Waals surface area contributed by atoms with Crippen LogP contribution in [0.2, 0.25) is 0 Å². The normalized spacial score (nSPS) is 30.5. The van der Waals surface area contributed by atoms with Gasteiger partial charge in [-0.2, -0.15) is 0 Å². The third-order valence-corrected chi connectivity index (χ3v) is 5.87. The summed E-state index contributed by atoms with van der Waals surface area (Å²) < 4.78 is 10.9. The second-order valence-electron chi connectivity index (χ2n) is 7.19. The molecule has 0 spiro atoms. The number of carboxylic acid groups (broad SMARTS) is 1. The monoisotopic (exact) mass is 360 g/mol. The first-order valence-electron chi connectivity index (χ1n) is 9.14. The van der Waals surface area contributed by atoms with Gasteiger partial charge in [0.25, 0.3) is 0 Å². The molecule has 7 nitrogen and oxygen atoms in total. The predicted molar refractivity (Wildman–Crippen MR) is 94.3 cm³/mol. The Morgan fingerprint density at radius 1 is 1.04 bits per heavy atom. The second-order valence-corrected chi connectivity index (χ2v) is 7.19. The molecule has 3 aliphatic rings. The number of amides is 1. The summed E-state index contributed by atoms with van der Waals surface area (Å²) >= 11 is 0. The van der Waals surface area contributed by atoms with Crippen molar-refractivity contribution in [2.24, 2.45) is 11.8 Å². The zero-order valence-electron chi connectivity index (χ0n) is 14.8. The highest BCUT2D eigenvalue weighted by Crippen LogP contribution is 2.44. The number of anilines is 1. The number of benzene rings is 1. The number of hydrogen-bond donors (Lipinski definition) is 1. The molecule has 7 heteroatoms. The fourth-order valence-electron chi connectivity index (χ4n) is 4.49. The summed E-state index contributed by atoms with van der Waals surface area (Å²) in [6, 6.07) is 7.88. The van der Waals surface area contributed by atoms with E-state index >= 15 is 0 Å². The molecule has 26 heavy (non-hydrogen) atoms. The molecular weight excluding hydrogens is 336 g/mol. The van der Waals surface area contributed by atoms with E-state index < -0.39 is 17.8 Å². The molecule has 4 atom stereocenters. The van der Waals surface area contributed by atoms with Crippen LogP contribution in [0.3, 0.4) is 0 Å². The molecule has 3 aliphatic heterocycles. The quantitative estimate of drug-likeness (QED) is 0.870. The van der Waals surface area contributed by atoms with Crippen LogP contribution < -0.4 is 9.64 Å². The van der Waals surface area contributed by atoms with Gasteiger partial charge in [0.15, 0.2) is 0 Å². The number of rotatable bonds is 4. The molecule has 2 bridgehead atoms. The number of ether oxygens (including phenoxy) is 2. The van der Waals surface area contributed by atoms with E-state index in [1.807, 2.05) is 29.2 Å². The summed E-state index contributed by atoms with van der Waals surface area (Å²) in [5, 5.41) is 9.52. The average Bonchev–Trinajstić information content (AvgIpc) is 3.29. The standard InChI is InChI=1S/C19H24N2O5/c1-25-13-4-2-12(3-5-13)20-8-10-21(11-9-20)18(22)16-14-6-7-15(26-14)17(16)19(23)24/h2-5,14-17H,6-11H2,1H3,(H,23,24)/t14-,15-,16+,17+/m1/s1. The van der Waals surface area contributed by atoms with Crippen molar-refractivity contribution in [1.29, 1.82) is 0 Å². The van der Waals surface area contributed by atoms with Gasteiger partial charge >= 0.3 is 5.97 Å². The van der Waals surface area contributed by atoms with Crippen LogP contribution in [0.5, 0.6) is 5.75 Å². The molecule has 1 N–H and O–H groups in total. The number of aliphatic carboxylic acids is 1. The Hall–Kier alpha value is -2.28. The van der Waals surface area contributed by atoms with E-state index in [2.05, 4.69) is 4.90 Å². The van der Waals surface area contributed by atoms with Gasteiger partial charge < -0.3 is 24.4 Å². The zero-order valence-corrected chi connectivity index (χ0v) is 14.8. The first kappa shape index (κ1) is 17.1.